The lowest BCUT2D eigenvalue weighted by Crippen LogP contribution is -2.22. The van der Waals surface area contributed by atoms with E-state index in [0.29, 0.717) is 10.7 Å². The average Bonchev–Trinajstić information content (AvgIpc) is 2.53. The van der Waals surface area contributed by atoms with Gasteiger partial charge in [-0.2, -0.15) is 5.26 Å². The predicted octanol–water partition coefficient (Wildman–Crippen LogP) is 4.32. The van der Waals surface area contributed by atoms with Crippen molar-refractivity contribution in [1.82, 2.24) is 0 Å². The van der Waals surface area contributed by atoms with Gasteiger partial charge in [0.2, 0.25) is 0 Å². The lowest BCUT2D eigenvalue weighted by Gasteiger charge is -2.28. The summed E-state index contributed by atoms with van der Waals surface area (Å²) in [5.74, 6) is 0. The van der Waals surface area contributed by atoms with Crippen LogP contribution in [0.2, 0.25) is 5.02 Å². The van der Waals surface area contributed by atoms with Crippen LogP contribution in [-0.2, 0) is 0 Å². The van der Waals surface area contributed by atoms with Crippen LogP contribution in [0.25, 0.3) is 0 Å². The standard InChI is InChI=1S/C16H14ClN3O2/c1-11(14-5-3-4-6-15(14)17)19(2)16-8-7-13(20(21)22)9-12(16)10-18/h3-9,11H,1-2H3/t11-/m1/s1. The lowest BCUT2D eigenvalue weighted by molar-refractivity contribution is -0.384. The number of nitrogens with zero attached hydrogens (tertiary/aromatic N) is 3. The molecule has 112 valence electrons. The van der Waals surface area contributed by atoms with E-state index < -0.39 is 4.92 Å². The molecule has 0 bridgehead atoms. The summed E-state index contributed by atoms with van der Waals surface area (Å²) in [4.78, 5) is 12.2. The zero-order valence-corrected chi connectivity index (χ0v) is 12.9. The van der Waals surface area contributed by atoms with E-state index in [1.165, 1.54) is 12.1 Å². The second-order valence-electron chi connectivity index (χ2n) is 4.88. The molecule has 6 heteroatoms. The van der Waals surface area contributed by atoms with Gasteiger partial charge in [-0.05, 0) is 24.6 Å². The topological polar surface area (TPSA) is 70.2 Å². The van der Waals surface area contributed by atoms with Gasteiger partial charge in [0.15, 0.2) is 0 Å². The van der Waals surface area contributed by atoms with Crippen LogP contribution in [0, 0.1) is 21.4 Å². The summed E-state index contributed by atoms with van der Waals surface area (Å²) < 4.78 is 0. The Hall–Kier alpha value is -2.58. The fourth-order valence-electron chi connectivity index (χ4n) is 2.27. The summed E-state index contributed by atoms with van der Waals surface area (Å²) in [6.45, 7) is 1.96. The highest BCUT2D eigenvalue weighted by atomic mass is 35.5. The van der Waals surface area contributed by atoms with Crippen LogP contribution in [0.3, 0.4) is 0 Å². The van der Waals surface area contributed by atoms with Gasteiger partial charge in [0.1, 0.15) is 6.07 Å². The molecule has 2 rings (SSSR count). The van der Waals surface area contributed by atoms with E-state index in [4.69, 9.17) is 11.6 Å². The van der Waals surface area contributed by atoms with Crippen molar-refractivity contribution in [1.29, 1.82) is 5.26 Å². The van der Waals surface area contributed by atoms with Gasteiger partial charge in [0.25, 0.3) is 5.69 Å². The molecular formula is C16H14ClN3O2. The highest BCUT2D eigenvalue weighted by Gasteiger charge is 2.19. The van der Waals surface area contributed by atoms with E-state index in [1.807, 2.05) is 49.2 Å². The molecular weight excluding hydrogens is 302 g/mol. The third-order valence-corrected chi connectivity index (χ3v) is 3.97. The number of benzene rings is 2. The first kappa shape index (κ1) is 15.8. The first-order valence-electron chi connectivity index (χ1n) is 6.61. The minimum atomic E-state index is -0.512. The number of nitriles is 1. The SMILES string of the molecule is C[C@H](c1ccccc1Cl)N(C)c1ccc([N+](=O)[O-])cc1C#N. The average molecular weight is 316 g/mol. The molecule has 0 aliphatic rings. The van der Waals surface area contributed by atoms with E-state index in [-0.39, 0.29) is 17.3 Å². The van der Waals surface area contributed by atoms with E-state index in [1.54, 1.807) is 6.07 Å². The minimum absolute atomic E-state index is 0.0812. The third-order valence-electron chi connectivity index (χ3n) is 3.63. The number of hydrogen-bond donors (Lipinski definition) is 0. The van der Waals surface area contributed by atoms with Crippen molar-refractivity contribution in [2.75, 3.05) is 11.9 Å². The molecule has 0 amide bonds. The zero-order chi connectivity index (χ0) is 16.3. The molecule has 22 heavy (non-hydrogen) atoms. The van der Waals surface area contributed by atoms with Crippen molar-refractivity contribution in [3.63, 3.8) is 0 Å². The normalized spacial score (nSPS) is 11.5. The first-order valence-corrected chi connectivity index (χ1v) is 6.99. The fraction of sp³-hybridized carbons (Fsp3) is 0.188. The number of nitro benzene ring substituents is 1. The van der Waals surface area contributed by atoms with Crippen molar-refractivity contribution in [3.8, 4) is 6.07 Å². The predicted molar refractivity (Wildman–Crippen MR) is 86.1 cm³/mol. The maximum Gasteiger partial charge on any atom is 0.270 e. The van der Waals surface area contributed by atoms with Gasteiger partial charge in [-0.25, -0.2) is 0 Å². The Kier molecular flexibility index (Phi) is 4.64. The van der Waals surface area contributed by atoms with Crippen molar-refractivity contribution in [2.24, 2.45) is 0 Å². The summed E-state index contributed by atoms with van der Waals surface area (Å²) in [6, 6.07) is 13.7. The van der Waals surface area contributed by atoms with Gasteiger partial charge in [-0.1, -0.05) is 29.8 Å². The van der Waals surface area contributed by atoms with Crippen LogP contribution in [0.15, 0.2) is 42.5 Å². The Morgan fingerprint density at radius 3 is 2.59 bits per heavy atom. The van der Waals surface area contributed by atoms with Crippen LogP contribution >= 0.6 is 11.6 Å². The third kappa shape index (κ3) is 3.02. The molecule has 0 aliphatic carbocycles. The lowest BCUT2D eigenvalue weighted by atomic mass is 10.0. The minimum Gasteiger partial charge on any atom is -0.367 e. The summed E-state index contributed by atoms with van der Waals surface area (Å²) in [5.41, 5.74) is 1.71. The molecule has 0 aliphatic heterocycles. The van der Waals surface area contributed by atoms with Crippen LogP contribution in [0.1, 0.15) is 24.1 Å². The molecule has 0 radical (unpaired) electrons. The quantitative estimate of drug-likeness (QED) is 0.622. The molecule has 0 saturated carbocycles. The van der Waals surface area contributed by atoms with Crippen molar-refractivity contribution in [3.05, 3.63) is 68.7 Å². The molecule has 5 nitrogen and oxygen atoms in total. The molecule has 0 fully saturated rings. The van der Waals surface area contributed by atoms with Crippen LogP contribution in [-0.4, -0.2) is 12.0 Å². The number of rotatable bonds is 4. The van der Waals surface area contributed by atoms with E-state index >= 15 is 0 Å². The van der Waals surface area contributed by atoms with Crippen LogP contribution in [0.5, 0.6) is 0 Å². The summed E-state index contributed by atoms with van der Waals surface area (Å²) >= 11 is 6.21. The van der Waals surface area contributed by atoms with Gasteiger partial charge in [-0.15, -0.1) is 0 Å². The van der Waals surface area contributed by atoms with Crippen molar-refractivity contribution < 1.29 is 4.92 Å². The second kappa shape index (κ2) is 6.46. The zero-order valence-electron chi connectivity index (χ0n) is 12.2. The Labute approximate surface area is 133 Å². The molecule has 0 N–H and O–H groups in total. The van der Waals surface area contributed by atoms with E-state index in [9.17, 15) is 15.4 Å². The number of halogens is 1. The second-order valence-corrected chi connectivity index (χ2v) is 5.29. The summed E-state index contributed by atoms with van der Waals surface area (Å²) in [6.07, 6.45) is 0. The van der Waals surface area contributed by atoms with E-state index in [2.05, 4.69) is 0 Å². The van der Waals surface area contributed by atoms with Crippen molar-refractivity contribution >= 4 is 23.0 Å². The van der Waals surface area contributed by atoms with Gasteiger partial charge >= 0.3 is 0 Å². The van der Waals surface area contributed by atoms with Gasteiger partial charge in [-0.3, -0.25) is 10.1 Å². The van der Waals surface area contributed by atoms with E-state index in [0.717, 1.165) is 5.56 Å². The monoisotopic (exact) mass is 315 g/mol. The molecule has 0 heterocycles. The summed E-state index contributed by atoms with van der Waals surface area (Å²) in [7, 11) is 1.83. The van der Waals surface area contributed by atoms with Gasteiger partial charge in [0, 0.05) is 24.2 Å². The molecule has 0 aromatic heterocycles. The summed E-state index contributed by atoms with van der Waals surface area (Å²) in [5, 5.41) is 20.7. The molecule has 2 aromatic rings. The Bertz CT molecular complexity index is 755. The number of hydrogen-bond acceptors (Lipinski definition) is 4. The first-order chi connectivity index (χ1) is 10.5. The molecule has 0 unspecified atom stereocenters. The molecule has 0 saturated heterocycles. The fourth-order valence-corrected chi connectivity index (χ4v) is 2.56. The maximum atomic E-state index is 10.8. The molecule has 2 aromatic carbocycles. The number of nitro groups is 1. The maximum absolute atomic E-state index is 10.8. The molecule has 1 atom stereocenters. The Morgan fingerprint density at radius 1 is 1.32 bits per heavy atom. The van der Waals surface area contributed by atoms with Gasteiger partial charge < -0.3 is 4.90 Å². The number of non-ortho nitro benzene ring substituents is 1. The van der Waals surface area contributed by atoms with Gasteiger partial charge in [0.05, 0.1) is 22.2 Å². The largest absolute Gasteiger partial charge is 0.367 e. The van der Waals surface area contributed by atoms with Crippen LogP contribution < -0.4 is 4.90 Å². The Balaban J connectivity index is 2.41. The highest BCUT2D eigenvalue weighted by molar-refractivity contribution is 6.31. The van der Waals surface area contributed by atoms with Crippen LogP contribution in [0.4, 0.5) is 11.4 Å². The Morgan fingerprint density at radius 2 is 2.00 bits per heavy atom. The van der Waals surface area contributed by atoms with Crippen molar-refractivity contribution in [2.45, 2.75) is 13.0 Å². The highest BCUT2D eigenvalue weighted by Crippen LogP contribution is 2.32. The smallest absolute Gasteiger partial charge is 0.270 e. The molecule has 0 spiro atoms. The number of anilines is 1.